The van der Waals surface area contributed by atoms with Gasteiger partial charge in [0.25, 0.3) is 0 Å². The van der Waals surface area contributed by atoms with Crippen LogP contribution in [0.2, 0.25) is 0 Å². The van der Waals surface area contributed by atoms with E-state index in [1.807, 2.05) is 0 Å². The maximum absolute atomic E-state index is 5.56. The molecule has 0 fully saturated rings. The van der Waals surface area contributed by atoms with E-state index in [-0.39, 0.29) is 0 Å². The highest BCUT2D eigenvalue weighted by Gasteiger charge is 2.01. The van der Waals surface area contributed by atoms with Gasteiger partial charge in [0.2, 0.25) is 0 Å². The Morgan fingerprint density at radius 1 is 1.31 bits per heavy atom. The van der Waals surface area contributed by atoms with Crippen LogP contribution in [-0.2, 0) is 11.3 Å². The zero-order valence-corrected chi connectivity index (χ0v) is 11.2. The van der Waals surface area contributed by atoms with Crippen molar-refractivity contribution in [1.82, 2.24) is 4.57 Å². The number of nitrogens with zero attached hydrogens (tertiary/aromatic N) is 1. The van der Waals surface area contributed by atoms with Gasteiger partial charge < -0.3 is 9.30 Å². The van der Waals surface area contributed by atoms with Crippen LogP contribution in [0.15, 0.2) is 34.9 Å². The number of halogens is 1. The van der Waals surface area contributed by atoms with Gasteiger partial charge >= 0.3 is 0 Å². The minimum absolute atomic E-state index is 0.302. The van der Waals surface area contributed by atoms with Crippen molar-refractivity contribution in [2.75, 3.05) is 6.61 Å². The fraction of sp³-hybridized carbons (Fsp3) is 0.385. The fourth-order valence-electron chi connectivity index (χ4n) is 1.75. The molecule has 0 radical (unpaired) electrons. The highest BCUT2D eigenvalue weighted by atomic mass is 79.9. The van der Waals surface area contributed by atoms with Gasteiger partial charge in [0.1, 0.15) is 0 Å². The van der Waals surface area contributed by atoms with Crippen LogP contribution >= 0.6 is 15.9 Å². The molecule has 0 unspecified atom stereocenters. The molecule has 2 rings (SSSR count). The number of hydrogen-bond donors (Lipinski definition) is 0. The molecule has 2 nitrogen and oxygen atoms in total. The Morgan fingerprint density at radius 2 is 2.12 bits per heavy atom. The van der Waals surface area contributed by atoms with Crippen molar-refractivity contribution < 1.29 is 4.74 Å². The molecule has 0 saturated heterocycles. The van der Waals surface area contributed by atoms with E-state index in [0.717, 1.165) is 17.6 Å². The number of benzene rings is 1. The molecule has 2 aromatic rings. The van der Waals surface area contributed by atoms with Gasteiger partial charge in [0.15, 0.2) is 0 Å². The summed E-state index contributed by atoms with van der Waals surface area (Å²) >= 11 is 3.48. The standard InChI is InChI=1S/C13H16BrNO/c1-10(2)16-8-7-15-6-5-11-9-12(14)3-4-13(11)15/h3-6,9-10H,7-8H2,1-2H3. The van der Waals surface area contributed by atoms with Crippen LogP contribution in [0.25, 0.3) is 10.9 Å². The lowest BCUT2D eigenvalue weighted by Gasteiger charge is -2.09. The van der Waals surface area contributed by atoms with Crippen molar-refractivity contribution in [3.05, 3.63) is 34.9 Å². The molecule has 0 atom stereocenters. The highest BCUT2D eigenvalue weighted by Crippen LogP contribution is 2.20. The van der Waals surface area contributed by atoms with Crippen molar-refractivity contribution in [3.63, 3.8) is 0 Å². The Labute approximate surface area is 104 Å². The van der Waals surface area contributed by atoms with Crippen molar-refractivity contribution in [2.24, 2.45) is 0 Å². The summed E-state index contributed by atoms with van der Waals surface area (Å²) in [5.74, 6) is 0. The van der Waals surface area contributed by atoms with E-state index in [0.29, 0.717) is 6.10 Å². The average molecular weight is 282 g/mol. The van der Waals surface area contributed by atoms with E-state index >= 15 is 0 Å². The molecule has 0 amide bonds. The summed E-state index contributed by atoms with van der Waals surface area (Å²) in [5.41, 5.74) is 1.26. The number of rotatable bonds is 4. The normalized spacial score (nSPS) is 11.5. The molecule has 86 valence electrons. The fourth-order valence-corrected chi connectivity index (χ4v) is 2.13. The largest absolute Gasteiger partial charge is 0.377 e. The van der Waals surface area contributed by atoms with E-state index in [1.54, 1.807) is 0 Å². The maximum atomic E-state index is 5.56. The summed E-state index contributed by atoms with van der Waals surface area (Å²) in [4.78, 5) is 0. The summed E-state index contributed by atoms with van der Waals surface area (Å²) in [5, 5.41) is 1.26. The maximum Gasteiger partial charge on any atom is 0.0649 e. The lowest BCUT2D eigenvalue weighted by Crippen LogP contribution is -2.09. The Balaban J connectivity index is 2.13. The minimum atomic E-state index is 0.302. The van der Waals surface area contributed by atoms with Crippen molar-refractivity contribution in [2.45, 2.75) is 26.5 Å². The van der Waals surface area contributed by atoms with Gasteiger partial charge in [-0.05, 0) is 38.1 Å². The first-order chi connectivity index (χ1) is 7.66. The molecule has 16 heavy (non-hydrogen) atoms. The van der Waals surface area contributed by atoms with Crippen LogP contribution in [0.3, 0.4) is 0 Å². The zero-order chi connectivity index (χ0) is 11.5. The predicted octanol–water partition coefficient (Wildman–Crippen LogP) is 3.83. The number of fused-ring (bicyclic) bond motifs is 1. The Bertz CT molecular complexity index is 476. The van der Waals surface area contributed by atoms with Crippen LogP contribution in [0.1, 0.15) is 13.8 Å². The molecular formula is C13H16BrNO. The van der Waals surface area contributed by atoms with Gasteiger partial charge in [-0.2, -0.15) is 0 Å². The summed E-state index contributed by atoms with van der Waals surface area (Å²) < 4.78 is 8.91. The predicted molar refractivity (Wildman–Crippen MR) is 70.7 cm³/mol. The summed E-state index contributed by atoms with van der Waals surface area (Å²) in [6.07, 6.45) is 2.41. The van der Waals surface area contributed by atoms with E-state index in [1.165, 1.54) is 10.9 Å². The van der Waals surface area contributed by atoms with Crippen LogP contribution in [-0.4, -0.2) is 17.3 Å². The summed E-state index contributed by atoms with van der Waals surface area (Å²) in [6, 6.07) is 8.47. The molecule has 0 spiro atoms. The van der Waals surface area contributed by atoms with Gasteiger partial charge in [-0.3, -0.25) is 0 Å². The molecule has 0 N–H and O–H groups in total. The van der Waals surface area contributed by atoms with Crippen molar-refractivity contribution in [1.29, 1.82) is 0 Å². The lowest BCUT2D eigenvalue weighted by atomic mass is 10.2. The van der Waals surface area contributed by atoms with Crippen LogP contribution in [0.5, 0.6) is 0 Å². The van der Waals surface area contributed by atoms with Gasteiger partial charge in [0, 0.05) is 28.1 Å². The summed E-state index contributed by atoms with van der Waals surface area (Å²) in [7, 11) is 0. The Hall–Kier alpha value is -0.800. The van der Waals surface area contributed by atoms with Crippen molar-refractivity contribution in [3.8, 4) is 0 Å². The second-order valence-corrected chi connectivity index (χ2v) is 5.05. The second-order valence-electron chi connectivity index (χ2n) is 4.13. The zero-order valence-electron chi connectivity index (χ0n) is 9.61. The van der Waals surface area contributed by atoms with E-state index < -0.39 is 0 Å². The van der Waals surface area contributed by atoms with Gasteiger partial charge in [-0.1, -0.05) is 15.9 Å². The smallest absolute Gasteiger partial charge is 0.0649 e. The quantitative estimate of drug-likeness (QED) is 0.831. The molecule has 0 bridgehead atoms. The molecule has 0 aliphatic carbocycles. The number of hydrogen-bond acceptors (Lipinski definition) is 1. The van der Waals surface area contributed by atoms with Crippen LogP contribution < -0.4 is 0 Å². The first-order valence-corrected chi connectivity index (χ1v) is 6.32. The molecule has 1 heterocycles. The van der Waals surface area contributed by atoms with E-state index in [4.69, 9.17) is 4.74 Å². The van der Waals surface area contributed by atoms with E-state index in [2.05, 4.69) is 64.8 Å². The Morgan fingerprint density at radius 3 is 2.88 bits per heavy atom. The van der Waals surface area contributed by atoms with Crippen LogP contribution in [0.4, 0.5) is 0 Å². The lowest BCUT2D eigenvalue weighted by molar-refractivity contribution is 0.0733. The SMILES string of the molecule is CC(C)OCCn1ccc2cc(Br)ccc21. The molecule has 1 aromatic heterocycles. The molecule has 0 aliphatic heterocycles. The monoisotopic (exact) mass is 281 g/mol. The first-order valence-electron chi connectivity index (χ1n) is 5.53. The third kappa shape index (κ3) is 2.66. The molecule has 1 aromatic carbocycles. The molecule has 3 heteroatoms. The van der Waals surface area contributed by atoms with Crippen molar-refractivity contribution >= 4 is 26.8 Å². The first kappa shape index (κ1) is 11.7. The highest BCUT2D eigenvalue weighted by molar-refractivity contribution is 9.10. The van der Waals surface area contributed by atoms with Gasteiger partial charge in [-0.25, -0.2) is 0 Å². The van der Waals surface area contributed by atoms with Gasteiger partial charge in [0.05, 0.1) is 12.7 Å². The average Bonchev–Trinajstić information content (AvgIpc) is 2.60. The molecule has 0 aliphatic rings. The minimum Gasteiger partial charge on any atom is -0.377 e. The second kappa shape index (κ2) is 5.02. The number of aromatic nitrogens is 1. The number of ether oxygens (including phenoxy) is 1. The van der Waals surface area contributed by atoms with Crippen LogP contribution in [0, 0.1) is 0 Å². The summed E-state index contributed by atoms with van der Waals surface area (Å²) in [6.45, 7) is 5.79. The third-order valence-corrected chi connectivity index (χ3v) is 3.01. The molecular weight excluding hydrogens is 266 g/mol. The molecule has 0 saturated carbocycles. The van der Waals surface area contributed by atoms with E-state index in [9.17, 15) is 0 Å². The Kier molecular flexibility index (Phi) is 3.66. The topological polar surface area (TPSA) is 14.2 Å². The third-order valence-electron chi connectivity index (χ3n) is 2.52. The van der Waals surface area contributed by atoms with Gasteiger partial charge in [-0.15, -0.1) is 0 Å².